The molecule has 26 heavy (non-hydrogen) atoms. The number of benzene rings is 2. The van der Waals surface area contributed by atoms with Crippen molar-refractivity contribution in [1.82, 2.24) is 9.97 Å². The number of aryl methyl sites for hydroxylation is 1. The van der Waals surface area contributed by atoms with Crippen molar-refractivity contribution in [2.45, 2.75) is 38.9 Å². The second-order valence-electron chi connectivity index (χ2n) is 6.43. The lowest BCUT2D eigenvalue weighted by Crippen LogP contribution is -2.09. The van der Waals surface area contributed by atoms with Crippen LogP contribution in [-0.2, 0) is 17.8 Å². The van der Waals surface area contributed by atoms with Crippen molar-refractivity contribution < 1.29 is 9.84 Å². The van der Waals surface area contributed by atoms with Gasteiger partial charge in [0.05, 0.1) is 12.7 Å². The van der Waals surface area contributed by atoms with E-state index >= 15 is 0 Å². The van der Waals surface area contributed by atoms with Crippen LogP contribution in [-0.4, -0.2) is 21.2 Å². The number of rotatable bonds is 8. The van der Waals surface area contributed by atoms with Crippen molar-refractivity contribution in [1.29, 1.82) is 0 Å². The first-order valence-electron chi connectivity index (χ1n) is 8.96. The summed E-state index contributed by atoms with van der Waals surface area (Å²) in [7, 11) is 0. The number of aromatic nitrogens is 2. The smallest absolute Gasteiger partial charge is 0.128 e. The summed E-state index contributed by atoms with van der Waals surface area (Å²) in [6.07, 6.45) is 6.71. The molecule has 0 saturated heterocycles. The van der Waals surface area contributed by atoms with E-state index in [4.69, 9.17) is 4.74 Å². The number of aromatic hydroxyl groups is 1. The van der Waals surface area contributed by atoms with Gasteiger partial charge in [-0.3, -0.25) is 0 Å². The van der Waals surface area contributed by atoms with Gasteiger partial charge in [-0.15, -0.1) is 0 Å². The molecule has 0 fully saturated rings. The Hall–Kier alpha value is -2.72. The van der Waals surface area contributed by atoms with Gasteiger partial charge in [0.2, 0.25) is 0 Å². The second kappa shape index (κ2) is 9.11. The summed E-state index contributed by atoms with van der Waals surface area (Å²) in [4.78, 5) is 8.91. The van der Waals surface area contributed by atoms with E-state index in [1.807, 2.05) is 42.7 Å². The highest BCUT2D eigenvalue weighted by Gasteiger charge is 2.05. The molecule has 1 aromatic heterocycles. The number of hydrogen-bond acceptors (Lipinski definition) is 4. The number of nitrogens with zero attached hydrogens (tertiary/aromatic N) is 2. The Balaban J connectivity index is 1.42. The first kappa shape index (κ1) is 18.1. The maximum atomic E-state index is 9.35. The van der Waals surface area contributed by atoms with Gasteiger partial charge < -0.3 is 9.84 Å². The Kier molecular flexibility index (Phi) is 6.34. The van der Waals surface area contributed by atoms with Crippen molar-refractivity contribution in [2.24, 2.45) is 0 Å². The third-order valence-electron chi connectivity index (χ3n) is 4.29. The average molecular weight is 348 g/mol. The molecular weight excluding hydrogens is 324 g/mol. The van der Waals surface area contributed by atoms with Crippen LogP contribution in [0.25, 0.3) is 11.1 Å². The molecular formula is C22H24N2O2. The second-order valence-corrected chi connectivity index (χ2v) is 6.43. The summed E-state index contributed by atoms with van der Waals surface area (Å²) in [5.74, 6) is 1.11. The fraction of sp³-hybridized carbons (Fsp3) is 0.273. The molecule has 134 valence electrons. The van der Waals surface area contributed by atoms with Gasteiger partial charge >= 0.3 is 0 Å². The molecule has 4 nitrogen and oxygen atoms in total. The standard InChI is InChI=1S/C22H24N2O2/c1-17(26-16-18-7-3-2-4-8-18)6-5-9-22-23-14-20(15-24-22)19-10-12-21(25)13-11-19/h2-4,7-8,10-15,17,25H,5-6,9,16H2,1H3. The zero-order chi connectivity index (χ0) is 18.2. The minimum atomic E-state index is 0.214. The molecule has 1 unspecified atom stereocenters. The fourth-order valence-corrected chi connectivity index (χ4v) is 2.73. The Labute approximate surface area is 154 Å². The summed E-state index contributed by atoms with van der Waals surface area (Å²) >= 11 is 0. The SMILES string of the molecule is CC(CCCc1ncc(-c2ccc(O)cc2)cn1)OCc1ccccc1. The van der Waals surface area contributed by atoms with Gasteiger partial charge in [0.1, 0.15) is 11.6 Å². The maximum Gasteiger partial charge on any atom is 0.128 e. The highest BCUT2D eigenvalue weighted by atomic mass is 16.5. The predicted molar refractivity (Wildman–Crippen MR) is 103 cm³/mol. The lowest BCUT2D eigenvalue weighted by Gasteiger charge is -2.12. The monoisotopic (exact) mass is 348 g/mol. The summed E-state index contributed by atoms with van der Waals surface area (Å²) in [5, 5.41) is 9.35. The molecule has 0 spiro atoms. The van der Waals surface area contributed by atoms with Gasteiger partial charge in [0.15, 0.2) is 0 Å². The molecule has 0 aliphatic rings. The van der Waals surface area contributed by atoms with Crippen molar-refractivity contribution in [3.8, 4) is 16.9 Å². The summed E-state index contributed by atoms with van der Waals surface area (Å²) < 4.78 is 5.89. The first-order chi connectivity index (χ1) is 12.7. The lowest BCUT2D eigenvalue weighted by molar-refractivity contribution is 0.0463. The molecule has 3 rings (SSSR count). The molecule has 0 saturated carbocycles. The van der Waals surface area contributed by atoms with E-state index in [-0.39, 0.29) is 11.9 Å². The Morgan fingerprint density at radius 3 is 2.31 bits per heavy atom. The number of phenolic OH excluding ortho intramolecular Hbond substituents is 1. The topological polar surface area (TPSA) is 55.2 Å². The molecule has 0 aliphatic heterocycles. The van der Waals surface area contributed by atoms with Crippen LogP contribution in [0.2, 0.25) is 0 Å². The van der Waals surface area contributed by atoms with E-state index < -0.39 is 0 Å². The molecule has 0 bridgehead atoms. The fourth-order valence-electron chi connectivity index (χ4n) is 2.73. The third-order valence-corrected chi connectivity index (χ3v) is 4.29. The minimum Gasteiger partial charge on any atom is -0.508 e. The van der Waals surface area contributed by atoms with Gasteiger partial charge in [0.25, 0.3) is 0 Å². The van der Waals surface area contributed by atoms with Crippen molar-refractivity contribution in [3.63, 3.8) is 0 Å². The molecule has 1 atom stereocenters. The molecule has 0 amide bonds. The highest BCUT2D eigenvalue weighted by Crippen LogP contribution is 2.20. The summed E-state index contributed by atoms with van der Waals surface area (Å²) in [5.41, 5.74) is 3.15. The van der Waals surface area contributed by atoms with Gasteiger partial charge in [-0.25, -0.2) is 9.97 Å². The number of phenols is 1. The molecule has 3 aromatic rings. The normalized spacial score (nSPS) is 12.0. The molecule has 2 aromatic carbocycles. The highest BCUT2D eigenvalue weighted by molar-refractivity contribution is 5.62. The van der Waals surface area contributed by atoms with Gasteiger partial charge in [-0.05, 0) is 43.0 Å². The quantitative estimate of drug-likeness (QED) is 0.637. The zero-order valence-electron chi connectivity index (χ0n) is 15.0. The van der Waals surface area contributed by atoms with Crippen LogP contribution in [0.1, 0.15) is 31.2 Å². The average Bonchev–Trinajstić information content (AvgIpc) is 2.68. The van der Waals surface area contributed by atoms with E-state index in [2.05, 4.69) is 29.0 Å². The van der Waals surface area contributed by atoms with E-state index in [1.165, 1.54) is 5.56 Å². The lowest BCUT2D eigenvalue weighted by atomic mass is 10.1. The van der Waals surface area contributed by atoms with Crippen LogP contribution in [0.4, 0.5) is 0 Å². The van der Waals surface area contributed by atoms with E-state index in [0.717, 1.165) is 36.2 Å². The van der Waals surface area contributed by atoms with Crippen LogP contribution >= 0.6 is 0 Å². The van der Waals surface area contributed by atoms with Crippen LogP contribution in [0.15, 0.2) is 67.0 Å². The van der Waals surface area contributed by atoms with Crippen molar-refractivity contribution in [2.75, 3.05) is 0 Å². The van der Waals surface area contributed by atoms with Crippen LogP contribution in [0.5, 0.6) is 5.75 Å². The van der Waals surface area contributed by atoms with Gasteiger partial charge in [-0.2, -0.15) is 0 Å². The first-order valence-corrected chi connectivity index (χ1v) is 8.96. The largest absolute Gasteiger partial charge is 0.508 e. The minimum absolute atomic E-state index is 0.214. The third kappa shape index (κ3) is 5.39. The molecule has 4 heteroatoms. The molecule has 0 aliphatic carbocycles. The van der Waals surface area contributed by atoms with Crippen LogP contribution in [0.3, 0.4) is 0 Å². The van der Waals surface area contributed by atoms with Crippen LogP contribution < -0.4 is 0 Å². The van der Waals surface area contributed by atoms with Gasteiger partial charge in [-0.1, -0.05) is 42.5 Å². The van der Waals surface area contributed by atoms with E-state index in [0.29, 0.717) is 6.61 Å². The summed E-state index contributed by atoms with van der Waals surface area (Å²) in [6.45, 7) is 2.76. The van der Waals surface area contributed by atoms with Crippen molar-refractivity contribution >= 4 is 0 Å². The maximum absolute atomic E-state index is 9.35. The molecule has 1 heterocycles. The Bertz CT molecular complexity index is 787. The Morgan fingerprint density at radius 1 is 0.923 bits per heavy atom. The van der Waals surface area contributed by atoms with Gasteiger partial charge in [0, 0.05) is 24.4 Å². The molecule has 1 N–H and O–H groups in total. The summed E-state index contributed by atoms with van der Waals surface area (Å²) in [6, 6.07) is 17.3. The number of hydrogen-bond donors (Lipinski definition) is 1. The predicted octanol–water partition coefficient (Wildman–Crippen LogP) is 4.78. The van der Waals surface area contributed by atoms with E-state index in [9.17, 15) is 5.11 Å². The molecule has 0 radical (unpaired) electrons. The number of ether oxygens (including phenoxy) is 1. The van der Waals surface area contributed by atoms with E-state index in [1.54, 1.807) is 12.1 Å². The Morgan fingerprint density at radius 2 is 1.62 bits per heavy atom. The van der Waals surface area contributed by atoms with Crippen molar-refractivity contribution in [3.05, 3.63) is 78.4 Å². The van der Waals surface area contributed by atoms with Crippen LogP contribution in [0, 0.1) is 0 Å². The zero-order valence-corrected chi connectivity index (χ0v) is 15.0.